The number of nitrogens with two attached hydrogens (primary N) is 1. The van der Waals surface area contributed by atoms with Gasteiger partial charge in [0.25, 0.3) is 5.56 Å². The number of nitrogens with zero attached hydrogens (tertiary/aromatic N) is 3. The number of halogens is 1. The van der Waals surface area contributed by atoms with Crippen LogP contribution in [0.15, 0.2) is 41.6 Å². The second-order valence-electron chi connectivity index (χ2n) is 7.21. The van der Waals surface area contributed by atoms with Gasteiger partial charge in [0.05, 0.1) is 17.8 Å². The average molecular weight is 404 g/mol. The molecule has 0 saturated carbocycles. The normalized spacial score (nSPS) is 11.7. The molecule has 150 valence electrons. The quantitative estimate of drug-likeness (QED) is 0.396. The summed E-state index contributed by atoms with van der Waals surface area (Å²) >= 11 is 0. The maximum Gasteiger partial charge on any atom is 0.272 e. The van der Waals surface area contributed by atoms with Crippen molar-refractivity contribution >= 4 is 38.5 Å². The highest BCUT2D eigenvalue weighted by molar-refractivity contribution is 6.14. The summed E-state index contributed by atoms with van der Waals surface area (Å²) in [5.74, 6) is 0.0676. The molecule has 8 nitrogen and oxygen atoms in total. The van der Waals surface area contributed by atoms with Crippen LogP contribution >= 0.6 is 0 Å². The zero-order valence-corrected chi connectivity index (χ0v) is 16.2. The Bertz CT molecular complexity index is 1510. The summed E-state index contributed by atoms with van der Waals surface area (Å²) in [5, 5.41) is 7.73. The van der Waals surface area contributed by atoms with Gasteiger partial charge < -0.3 is 15.5 Å². The predicted molar refractivity (Wildman–Crippen MR) is 113 cm³/mol. The standard InChI is InChI=1S/C21H17FN6O2/c1-9(2)30-14-7-11-15(10-3-4-13(22)17-12(10)8-26-28-17)16(23)21(29)27-18(11)20-19(14)24-5-6-25-20/h3-9H,23H2,1-2H3,(H,26,28)(H,27,29). The second kappa shape index (κ2) is 6.51. The average Bonchev–Trinajstić information content (AvgIpc) is 3.22. The Balaban J connectivity index is 1.98. The Labute approximate surface area is 168 Å². The van der Waals surface area contributed by atoms with Crippen LogP contribution < -0.4 is 16.0 Å². The number of nitrogens with one attached hydrogen (secondary N) is 2. The van der Waals surface area contributed by atoms with Gasteiger partial charge in [-0.1, -0.05) is 6.07 Å². The number of H-pyrrole nitrogens is 2. The molecule has 4 N–H and O–H groups in total. The summed E-state index contributed by atoms with van der Waals surface area (Å²) in [5.41, 5.74) is 8.52. The first-order chi connectivity index (χ1) is 14.5. The van der Waals surface area contributed by atoms with Gasteiger partial charge >= 0.3 is 0 Å². The number of pyridine rings is 1. The maximum atomic E-state index is 14.2. The van der Waals surface area contributed by atoms with Crippen LogP contribution in [0.25, 0.3) is 44.0 Å². The molecule has 5 rings (SSSR count). The summed E-state index contributed by atoms with van der Waals surface area (Å²) in [7, 11) is 0. The van der Waals surface area contributed by atoms with Gasteiger partial charge in [-0.15, -0.1) is 0 Å². The maximum absolute atomic E-state index is 14.2. The second-order valence-corrected chi connectivity index (χ2v) is 7.21. The molecule has 0 radical (unpaired) electrons. The van der Waals surface area contributed by atoms with Crippen molar-refractivity contribution in [2.24, 2.45) is 0 Å². The van der Waals surface area contributed by atoms with Gasteiger partial charge in [0.2, 0.25) is 0 Å². The molecule has 0 aliphatic carbocycles. The van der Waals surface area contributed by atoms with E-state index in [4.69, 9.17) is 10.5 Å². The molecule has 0 fully saturated rings. The first kappa shape index (κ1) is 18.0. The molecule has 0 bridgehead atoms. The van der Waals surface area contributed by atoms with Crippen molar-refractivity contribution in [3.63, 3.8) is 0 Å². The van der Waals surface area contributed by atoms with Gasteiger partial charge in [-0.3, -0.25) is 14.9 Å². The summed E-state index contributed by atoms with van der Waals surface area (Å²) < 4.78 is 20.2. The van der Waals surface area contributed by atoms with Gasteiger partial charge in [-0.2, -0.15) is 5.10 Å². The van der Waals surface area contributed by atoms with Crippen molar-refractivity contribution in [2.75, 3.05) is 5.73 Å². The molecule has 0 unspecified atom stereocenters. The Morgan fingerprint density at radius 3 is 2.63 bits per heavy atom. The molecule has 0 spiro atoms. The highest BCUT2D eigenvalue weighted by atomic mass is 19.1. The summed E-state index contributed by atoms with van der Waals surface area (Å²) in [6.07, 6.45) is 4.50. The fourth-order valence-corrected chi connectivity index (χ4v) is 3.72. The number of anilines is 1. The molecule has 9 heteroatoms. The molecule has 0 atom stereocenters. The lowest BCUT2D eigenvalue weighted by Crippen LogP contribution is -2.14. The van der Waals surface area contributed by atoms with Crippen LogP contribution in [0, 0.1) is 5.82 Å². The lowest BCUT2D eigenvalue weighted by molar-refractivity contribution is 0.245. The topological polar surface area (TPSA) is 123 Å². The van der Waals surface area contributed by atoms with Crippen LogP contribution in [0.2, 0.25) is 0 Å². The van der Waals surface area contributed by atoms with Gasteiger partial charge in [0.1, 0.15) is 33.8 Å². The fraction of sp³-hybridized carbons (Fsp3) is 0.143. The van der Waals surface area contributed by atoms with Gasteiger partial charge in [0.15, 0.2) is 0 Å². The van der Waals surface area contributed by atoms with Gasteiger partial charge in [0, 0.05) is 28.7 Å². The third kappa shape index (κ3) is 2.59. The zero-order valence-electron chi connectivity index (χ0n) is 16.2. The fourth-order valence-electron chi connectivity index (χ4n) is 3.72. The van der Waals surface area contributed by atoms with Crippen LogP contribution in [-0.2, 0) is 0 Å². The molecule has 0 aliphatic rings. The number of nitrogen functional groups attached to an aromatic ring is 1. The molecular weight excluding hydrogens is 387 g/mol. The molecule has 2 aromatic carbocycles. The number of aromatic amines is 2. The van der Waals surface area contributed by atoms with E-state index in [1.54, 1.807) is 24.5 Å². The minimum atomic E-state index is -0.469. The number of rotatable bonds is 3. The summed E-state index contributed by atoms with van der Waals surface area (Å²) in [4.78, 5) is 24.3. The van der Waals surface area contributed by atoms with Crippen molar-refractivity contribution in [1.29, 1.82) is 0 Å². The molecular formula is C21H17FN6O2. The summed E-state index contributed by atoms with van der Waals surface area (Å²) in [6.45, 7) is 3.81. The highest BCUT2D eigenvalue weighted by Gasteiger charge is 2.21. The van der Waals surface area contributed by atoms with Crippen LogP contribution in [0.1, 0.15) is 13.8 Å². The van der Waals surface area contributed by atoms with E-state index in [1.807, 2.05) is 13.8 Å². The van der Waals surface area contributed by atoms with E-state index in [2.05, 4.69) is 25.1 Å². The van der Waals surface area contributed by atoms with E-state index in [-0.39, 0.29) is 17.3 Å². The van der Waals surface area contributed by atoms with Crippen LogP contribution in [0.5, 0.6) is 5.75 Å². The molecule has 5 aromatic rings. The van der Waals surface area contributed by atoms with Crippen molar-refractivity contribution in [3.8, 4) is 16.9 Å². The van der Waals surface area contributed by atoms with E-state index in [0.717, 1.165) is 0 Å². The molecule has 0 saturated heterocycles. The first-order valence-electron chi connectivity index (χ1n) is 9.33. The van der Waals surface area contributed by atoms with E-state index in [9.17, 15) is 9.18 Å². The molecule has 30 heavy (non-hydrogen) atoms. The summed E-state index contributed by atoms with van der Waals surface area (Å²) in [6, 6.07) is 4.68. The smallest absolute Gasteiger partial charge is 0.272 e. The molecule has 3 aromatic heterocycles. The van der Waals surface area contributed by atoms with Crippen LogP contribution in [0.3, 0.4) is 0 Å². The minimum absolute atomic E-state index is 0.00958. The van der Waals surface area contributed by atoms with Crippen molar-refractivity contribution in [1.82, 2.24) is 25.1 Å². The van der Waals surface area contributed by atoms with E-state index >= 15 is 0 Å². The Morgan fingerprint density at radius 2 is 1.87 bits per heavy atom. The Kier molecular flexibility index (Phi) is 3.92. The number of ether oxygens (including phenoxy) is 1. The van der Waals surface area contributed by atoms with E-state index in [1.165, 1.54) is 12.3 Å². The monoisotopic (exact) mass is 404 g/mol. The number of hydrogen-bond donors (Lipinski definition) is 3. The van der Waals surface area contributed by atoms with Crippen molar-refractivity contribution in [3.05, 3.63) is 53.0 Å². The first-order valence-corrected chi connectivity index (χ1v) is 9.33. The van der Waals surface area contributed by atoms with Crippen LogP contribution in [0.4, 0.5) is 10.1 Å². The van der Waals surface area contributed by atoms with Crippen LogP contribution in [-0.4, -0.2) is 31.3 Å². The third-order valence-corrected chi connectivity index (χ3v) is 4.93. The minimum Gasteiger partial charge on any atom is -0.489 e. The van der Waals surface area contributed by atoms with E-state index in [0.29, 0.717) is 44.2 Å². The number of benzene rings is 2. The van der Waals surface area contributed by atoms with Gasteiger partial charge in [-0.05, 0) is 31.5 Å². The Morgan fingerprint density at radius 1 is 1.10 bits per heavy atom. The molecule has 0 aliphatic heterocycles. The van der Waals surface area contributed by atoms with Crippen molar-refractivity contribution in [2.45, 2.75) is 20.0 Å². The Hall–Kier alpha value is -4.01. The molecule has 0 amide bonds. The lowest BCUT2D eigenvalue weighted by Gasteiger charge is -2.16. The number of aromatic nitrogens is 5. The van der Waals surface area contributed by atoms with E-state index < -0.39 is 11.4 Å². The predicted octanol–water partition coefficient (Wildman–Crippen LogP) is 3.52. The number of hydrogen-bond acceptors (Lipinski definition) is 6. The highest BCUT2D eigenvalue weighted by Crippen LogP contribution is 2.40. The zero-order chi connectivity index (χ0) is 21.0. The molecule has 3 heterocycles. The third-order valence-electron chi connectivity index (χ3n) is 4.93. The van der Waals surface area contributed by atoms with Crippen molar-refractivity contribution < 1.29 is 9.13 Å². The SMILES string of the molecule is CC(C)Oc1cc2c(-c3ccc(F)c4[nH]ncc34)c(N)c(=O)[nH]c2c2nccnc12. The van der Waals surface area contributed by atoms with Gasteiger partial charge in [-0.25, -0.2) is 9.37 Å². The number of fused-ring (bicyclic) bond motifs is 4. The lowest BCUT2D eigenvalue weighted by atomic mass is 9.96. The largest absolute Gasteiger partial charge is 0.489 e.